The summed E-state index contributed by atoms with van der Waals surface area (Å²) in [6, 6.07) is 4.44. The molecule has 1 unspecified atom stereocenters. The Labute approximate surface area is 120 Å². The van der Waals surface area contributed by atoms with E-state index in [1.54, 1.807) is 0 Å². The molecule has 0 aliphatic heterocycles. The van der Waals surface area contributed by atoms with Gasteiger partial charge >= 0.3 is 0 Å². The monoisotopic (exact) mass is 281 g/mol. The van der Waals surface area contributed by atoms with Crippen LogP contribution in [0.15, 0.2) is 18.2 Å². The number of carbonyl (C=O) groups excluding carboxylic acids is 1. The molecule has 0 aromatic heterocycles. The molecule has 0 bridgehead atoms. The molecule has 0 fully saturated rings. The number of carbonyl (C=O) groups is 1. The van der Waals surface area contributed by atoms with E-state index >= 15 is 0 Å². The van der Waals surface area contributed by atoms with E-state index < -0.39 is 5.91 Å². The minimum atomic E-state index is -0.539. The molecule has 0 radical (unpaired) electrons. The fraction of sp³-hybridized carbons (Fsp3) is 0.533. The zero-order chi connectivity index (χ0) is 15.1. The lowest BCUT2D eigenvalue weighted by atomic mass is 10.1. The Balaban J connectivity index is 2.60. The quantitative estimate of drug-likeness (QED) is 0.763. The lowest BCUT2D eigenvalue weighted by Crippen LogP contribution is -2.38. The summed E-state index contributed by atoms with van der Waals surface area (Å²) >= 11 is 0. The van der Waals surface area contributed by atoms with Crippen LogP contribution in [0, 0.1) is 5.82 Å². The maximum atomic E-state index is 13.7. The molecule has 4 nitrogen and oxygen atoms in total. The van der Waals surface area contributed by atoms with Crippen molar-refractivity contribution in [1.29, 1.82) is 0 Å². The number of likely N-dealkylation sites (N-methyl/N-ethyl adjacent to an activating group) is 1. The van der Waals surface area contributed by atoms with Crippen molar-refractivity contribution >= 4 is 5.91 Å². The number of nitrogens with one attached hydrogen (secondary N) is 1. The van der Waals surface area contributed by atoms with Crippen molar-refractivity contribution in [3.63, 3.8) is 0 Å². The van der Waals surface area contributed by atoms with Crippen LogP contribution in [-0.4, -0.2) is 36.5 Å². The van der Waals surface area contributed by atoms with Crippen molar-refractivity contribution in [2.24, 2.45) is 5.73 Å². The molecule has 0 heterocycles. The van der Waals surface area contributed by atoms with Crippen LogP contribution in [0.2, 0.25) is 0 Å². The summed E-state index contributed by atoms with van der Waals surface area (Å²) in [5.41, 5.74) is 6.00. The summed E-state index contributed by atoms with van der Waals surface area (Å²) in [4.78, 5) is 13.4. The van der Waals surface area contributed by atoms with E-state index in [1.807, 2.05) is 0 Å². The molecule has 20 heavy (non-hydrogen) atoms. The minimum Gasteiger partial charge on any atom is -0.366 e. The second kappa shape index (κ2) is 7.97. The van der Waals surface area contributed by atoms with Gasteiger partial charge in [0, 0.05) is 30.3 Å². The summed E-state index contributed by atoms with van der Waals surface area (Å²) in [6.07, 6.45) is 0. The number of rotatable bonds is 8. The number of benzene rings is 1. The van der Waals surface area contributed by atoms with Gasteiger partial charge in [-0.05, 0) is 38.2 Å². The van der Waals surface area contributed by atoms with Gasteiger partial charge in [-0.3, -0.25) is 4.79 Å². The predicted octanol–water partition coefficient (Wildman–Crippen LogP) is 1.74. The first-order valence-electron chi connectivity index (χ1n) is 7.01. The van der Waals surface area contributed by atoms with E-state index in [1.165, 1.54) is 18.2 Å². The highest BCUT2D eigenvalue weighted by Crippen LogP contribution is 2.10. The maximum absolute atomic E-state index is 13.7. The molecule has 1 aromatic rings. The second-order valence-electron chi connectivity index (χ2n) is 4.94. The fourth-order valence-corrected chi connectivity index (χ4v) is 2.08. The molecular formula is C15H24FN3O. The Bertz CT molecular complexity index is 447. The zero-order valence-electron chi connectivity index (χ0n) is 12.4. The molecule has 0 aliphatic carbocycles. The normalized spacial score (nSPS) is 12.7. The third-order valence-electron chi connectivity index (χ3n) is 3.40. The first-order chi connectivity index (χ1) is 9.47. The van der Waals surface area contributed by atoms with E-state index in [4.69, 9.17) is 5.73 Å². The topological polar surface area (TPSA) is 58.4 Å². The van der Waals surface area contributed by atoms with Crippen molar-refractivity contribution < 1.29 is 9.18 Å². The van der Waals surface area contributed by atoms with Crippen LogP contribution in [0.5, 0.6) is 0 Å². The van der Waals surface area contributed by atoms with Gasteiger partial charge in [-0.1, -0.05) is 13.8 Å². The average Bonchev–Trinajstić information content (AvgIpc) is 2.43. The molecule has 1 aromatic carbocycles. The van der Waals surface area contributed by atoms with Crippen LogP contribution >= 0.6 is 0 Å². The number of halogens is 1. The summed E-state index contributed by atoms with van der Waals surface area (Å²) < 4.78 is 13.7. The van der Waals surface area contributed by atoms with Crippen LogP contribution in [0.4, 0.5) is 4.39 Å². The van der Waals surface area contributed by atoms with Gasteiger partial charge in [0.2, 0.25) is 5.91 Å². The summed E-state index contributed by atoms with van der Waals surface area (Å²) in [5.74, 6) is -0.861. The smallest absolute Gasteiger partial charge is 0.248 e. The van der Waals surface area contributed by atoms with Gasteiger partial charge in [0.15, 0.2) is 0 Å². The summed E-state index contributed by atoms with van der Waals surface area (Å²) in [6.45, 7) is 9.58. The number of hydrogen-bond acceptors (Lipinski definition) is 3. The van der Waals surface area contributed by atoms with E-state index in [0.717, 1.165) is 19.6 Å². The number of hydrogen-bond donors (Lipinski definition) is 2. The van der Waals surface area contributed by atoms with E-state index in [2.05, 4.69) is 31.0 Å². The van der Waals surface area contributed by atoms with Crippen molar-refractivity contribution in [3.05, 3.63) is 35.1 Å². The highest BCUT2D eigenvalue weighted by Gasteiger charge is 2.10. The van der Waals surface area contributed by atoms with Gasteiger partial charge < -0.3 is 16.0 Å². The molecular weight excluding hydrogens is 257 g/mol. The second-order valence-corrected chi connectivity index (χ2v) is 4.94. The van der Waals surface area contributed by atoms with Crippen molar-refractivity contribution in [2.45, 2.75) is 33.4 Å². The van der Waals surface area contributed by atoms with Gasteiger partial charge in [-0.25, -0.2) is 4.39 Å². The molecule has 0 saturated carbocycles. The van der Waals surface area contributed by atoms with Crippen LogP contribution in [0.25, 0.3) is 0 Å². The molecule has 0 spiro atoms. The lowest BCUT2D eigenvalue weighted by Gasteiger charge is -2.23. The van der Waals surface area contributed by atoms with Gasteiger partial charge in [0.05, 0.1) is 0 Å². The largest absolute Gasteiger partial charge is 0.366 e. The van der Waals surface area contributed by atoms with Crippen molar-refractivity contribution in [2.75, 3.05) is 19.6 Å². The standard InChI is InChI=1S/C15H24FN3O/c1-4-19(5-2)10-11(3)18-9-13-8-12(15(17)20)6-7-14(13)16/h6-8,11,18H,4-5,9-10H2,1-3H3,(H2,17,20). The predicted molar refractivity (Wildman–Crippen MR) is 79.0 cm³/mol. The highest BCUT2D eigenvalue weighted by molar-refractivity contribution is 5.92. The molecule has 0 saturated heterocycles. The van der Waals surface area contributed by atoms with Crippen molar-refractivity contribution in [3.8, 4) is 0 Å². The maximum Gasteiger partial charge on any atom is 0.248 e. The van der Waals surface area contributed by atoms with Gasteiger partial charge in [-0.2, -0.15) is 0 Å². The average molecular weight is 281 g/mol. The summed E-state index contributed by atoms with van der Waals surface area (Å²) in [5, 5.41) is 3.27. The molecule has 1 amide bonds. The number of primary amides is 1. The Kier molecular flexibility index (Phi) is 6.61. The first-order valence-corrected chi connectivity index (χ1v) is 7.01. The zero-order valence-corrected chi connectivity index (χ0v) is 12.4. The number of nitrogens with two attached hydrogens (primary N) is 1. The Morgan fingerprint density at radius 3 is 2.60 bits per heavy atom. The molecule has 112 valence electrons. The van der Waals surface area contributed by atoms with Gasteiger partial charge in [0.25, 0.3) is 0 Å². The van der Waals surface area contributed by atoms with E-state index in [0.29, 0.717) is 17.7 Å². The third-order valence-corrected chi connectivity index (χ3v) is 3.40. The van der Waals surface area contributed by atoms with Crippen LogP contribution in [0.1, 0.15) is 36.7 Å². The SMILES string of the molecule is CCN(CC)CC(C)NCc1cc(C(N)=O)ccc1F. The Hall–Kier alpha value is -1.46. The number of nitrogens with zero attached hydrogens (tertiary/aromatic N) is 1. The van der Waals surface area contributed by atoms with Crippen LogP contribution in [0.3, 0.4) is 0 Å². The van der Waals surface area contributed by atoms with Crippen molar-refractivity contribution in [1.82, 2.24) is 10.2 Å². The molecule has 5 heteroatoms. The molecule has 1 rings (SSSR count). The third kappa shape index (κ3) is 4.90. The first kappa shape index (κ1) is 16.6. The Morgan fingerprint density at radius 2 is 2.05 bits per heavy atom. The molecule has 1 atom stereocenters. The van der Waals surface area contributed by atoms with E-state index in [-0.39, 0.29) is 11.9 Å². The van der Waals surface area contributed by atoms with Crippen LogP contribution in [-0.2, 0) is 6.54 Å². The molecule has 0 aliphatic rings. The summed E-state index contributed by atoms with van der Waals surface area (Å²) in [7, 11) is 0. The fourth-order valence-electron chi connectivity index (χ4n) is 2.08. The Morgan fingerprint density at radius 1 is 1.40 bits per heavy atom. The highest BCUT2D eigenvalue weighted by atomic mass is 19.1. The lowest BCUT2D eigenvalue weighted by molar-refractivity contribution is 0.1000. The van der Waals surface area contributed by atoms with Gasteiger partial charge in [0.1, 0.15) is 5.82 Å². The van der Waals surface area contributed by atoms with Crippen LogP contribution < -0.4 is 11.1 Å². The number of amides is 1. The van der Waals surface area contributed by atoms with E-state index in [9.17, 15) is 9.18 Å². The van der Waals surface area contributed by atoms with Gasteiger partial charge in [-0.15, -0.1) is 0 Å². The molecule has 3 N–H and O–H groups in total. The minimum absolute atomic E-state index is 0.242.